The second-order valence-corrected chi connectivity index (χ2v) is 7.50. The number of fused-ring (bicyclic) bond motifs is 2. The smallest absolute Gasteiger partial charge is 0.270 e. The molecule has 122 valence electrons. The Hall–Kier alpha value is -2.32. The van der Waals surface area contributed by atoms with Crippen molar-refractivity contribution in [1.82, 2.24) is 4.98 Å². The normalized spacial score (nSPS) is 13.7. The van der Waals surface area contributed by atoms with Crippen LogP contribution in [-0.4, -0.2) is 23.1 Å². The van der Waals surface area contributed by atoms with Crippen LogP contribution in [0.25, 0.3) is 10.2 Å². The zero-order valence-electron chi connectivity index (χ0n) is 12.4. The van der Waals surface area contributed by atoms with E-state index < -0.39 is 4.92 Å². The van der Waals surface area contributed by atoms with Crippen molar-refractivity contribution in [3.63, 3.8) is 0 Å². The van der Waals surface area contributed by atoms with Crippen LogP contribution < -0.4 is 9.47 Å². The summed E-state index contributed by atoms with van der Waals surface area (Å²) < 4.78 is 13.0. The molecule has 1 aliphatic rings. The highest BCUT2D eigenvalue weighted by Gasteiger charge is 2.14. The number of ether oxygens (including phenoxy) is 2. The molecule has 0 fully saturated rings. The van der Waals surface area contributed by atoms with Crippen molar-refractivity contribution in [3.05, 3.63) is 46.5 Å². The van der Waals surface area contributed by atoms with Gasteiger partial charge >= 0.3 is 0 Å². The predicted octanol–water partition coefficient (Wildman–Crippen LogP) is 4.52. The SMILES string of the molecule is O=[N+]([O-])c1ccc2nc(Sc3ccc4c(c3)OCCCO4)sc2c1. The molecule has 8 heteroatoms. The van der Waals surface area contributed by atoms with Crippen LogP contribution >= 0.6 is 23.1 Å². The Labute approximate surface area is 145 Å². The molecule has 0 saturated heterocycles. The van der Waals surface area contributed by atoms with E-state index in [0.29, 0.717) is 13.2 Å². The zero-order chi connectivity index (χ0) is 16.5. The Balaban J connectivity index is 1.62. The fraction of sp³-hybridized carbons (Fsp3) is 0.188. The fourth-order valence-electron chi connectivity index (χ4n) is 2.36. The van der Waals surface area contributed by atoms with Crippen LogP contribution in [0.1, 0.15) is 6.42 Å². The number of hydrogen-bond donors (Lipinski definition) is 0. The number of nitrogens with zero attached hydrogens (tertiary/aromatic N) is 2. The molecule has 3 aromatic rings. The molecule has 0 amide bonds. The van der Waals surface area contributed by atoms with Gasteiger partial charge in [0.1, 0.15) is 0 Å². The molecule has 4 rings (SSSR count). The van der Waals surface area contributed by atoms with E-state index in [-0.39, 0.29) is 5.69 Å². The second kappa shape index (κ2) is 6.29. The van der Waals surface area contributed by atoms with Crippen LogP contribution in [0, 0.1) is 10.1 Å². The lowest BCUT2D eigenvalue weighted by atomic mass is 10.3. The topological polar surface area (TPSA) is 74.5 Å². The van der Waals surface area contributed by atoms with Gasteiger partial charge in [-0.05, 0) is 24.3 Å². The van der Waals surface area contributed by atoms with E-state index in [1.165, 1.54) is 29.2 Å². The summed E-state index contributed by atoms with van der Waals surface area (Å²) in [5, 5.41) is 10.9. The van der Waals surface area contributed by atoms with Gasteiger partial charge in [0.2, 0.25) is 0 Å². The van der Waals surface area contributed by atoms with Gasteiger partial charge in [0, 0.05) is 23.4 Å². The van der Waals surface area contributed by atoms with Gasteiger partial charge in [0.25, 0.3) is 5.69 Å². The minimum Gasteiger partial charge on any atom is -0.490 e. The number of aromatic nitrogens is 1. The van der Waals surface area contributed by atoms with E-state index in [2.05, 4.69) is 4.98 Å². The first-order valence-electron chi connectivity index (χ1n) is 7.31. The third-order valence-corrected chi connectivity index (χ3v) is 5.56. The van der Waals surface area contributed by atoms with Gasteiger partial charge in [-0.3, -0.25) is 10.1 Å². The molecule has 0 bridgehead atoms. The molecule has 0 N–H and O–H groups in total. The number of rotatable bonds is 3. The highest BCUT2D eigenvalue weighted by Crippen LogP contribution is 2.39. The number of nitro benzene ring substituents is 1. The summed E-state index contributed by atoms with van der Waals surface area (Å²) in [7, 11) is 0. The summed E-state index contributed by atoms with van der Waals surface area (Å²) in [6.45, 7) is 1.31. The Morgan fingerprint density at radius 2 is 1.96 bits per heavy atom. The first kappa shape index (κ1) is 15.2. The molecule has 0 spiro atoms. The van der Waals surface area contributed by atoms with E-state index in [9.17, 15) is 10.1 Å². The Morgan fingerprint density at radius 1 is 1.12 bits per heavy atom. The van der Waals surface area contributed by atoms with Crippen LogP contribution in [-0.2, 0) is 0 Å². The van der Waals surface area contributed by atoms with Gasteiger partial charge < -0.3 is 9.47 Å². The van der Waals surface area contributed by atoms with Crippen LogP contribution in [0.5, 0.6) is 11.5 Å². The van der Waals surface area contributed by atoms with Gasteiger partial charge in [0.05, 0.1) is 28.4 Å². The number of non-ortho nitro benzene ring substituents is 1. The van der Waals surface area contributed by atoms with Crippen LogP contribution in [0.4, 0.5) is 5.69 Å². The summed E-state index contributed by atoms with van der Waals surface area (Å²) in [6, 6.07) is 10.5. The quantitative estimate of drug-likeness (QED) is 0.505. The third-order valence-electron chi connectivity index (χ3n) is 3.49. The standard InChI is InChI=1S/C16H12N2O4S2/c19-18(20)10-2-4-12-15(8-10)24-16(17-12)23-11-3-5-13-14(9-11)22-7-1-6-21-13/h2-5,8-9H,1,6-7H2. The lowest BCUT2D eigenvalue weighted by molar-refractivity contribution is -0.384. The van der Waals surface area contributed by atoms with Gasteiger partial charge in [-0.2, -0.15) is 0 Å². The summed E-state index contributed by atoms with van der Waals surface area (Å²) in [5.74, 6) is 1.51. The van der Waals surface area contributed by atoms with Crippen molar-refractivity contribution < 1.29 is 14.4 Å². The summed E-state index contributed by atoms with van der Waals surface area (Å²) in [6.07, 6.45) is 0.869. The van der Waals surface area contributed by atoms with Gasteiger partial charge in [-0.1, -0.05) is 11.8 Å². The van der Waals surface area contributed by atoms with Crippen LogP contribution in [0.2, 0.25) is 0 Å². The van der Waals surface area contributed by atoms with Gasteiger partial charge in [0.15, 0.2) is 15.8 Å². The van der Waals surface area contributed by atoms with E-state index in [0.717, 1.165) is 37.4 Å². The lowest BCUT2D eigenvalue weighted by Gasteiger charge is -2.08. The molecule has 6 nitrogen and oxygen atoms in total. The minimum atomic E-state index is -0.393. The molecule has 2 heterocycles. The molecule has 0 unspecified atom stereocenters. The molecular formula is C16H12N2O4S2. The number of thiazole rings is 1. The number of benzene rings is 2. The highest BCUT2D eigenvalue weighted by molar-refractivity contribution is 8.01. The average molecular weight is 360 g/mol. The van der Waals surface area contributed by atoms with Gasteiger partial charge in [-0.25, -0.2) is 4.98 Å². The van der Waals surface area contributed by atoms with E-state index >= 15 is 0 Å². The molecule has 0 saturated carbocycles. The Morgan fingerprint density at radius 3 is 2.79 bits per heavy atom. The summed E-state index contributed by atoms with van der Waals surface area (Å²) >= 11 is 2.95. The zero-order valence-corrected chi connectivity index (χ0v) is 14.1. The Bertz CT molecular complexity index is 926. The lowest BCUT2D eigenvalue weighted by Crippen LogP contribution is -1.97. The maximum atomic E-state index is 10.9. The van der Waals surface area contributed by atoms with Crippen molar-refractivity contribution in [2.75, 3.05) is 13.2 Å². The summed E-state index contributed by atoms with van der Waals surface area (Å²) in [5.41, 5.74) is 0.848. The predicted molar refractivity (Wildman–Crippen MR) is 92.4 cm³/mol. The average Bonchev–Trinajstić information content (AvgIpc) is 2.81. The van der Waals surface area contributed by atoms with Crippen molar-refractivity contribution in [3.8, 4) is 11.5 Å². The monoisotopic (exact) mass is 360 g/mol. The molecule has 24 heavy (non-hydrogen) atoms. The maximum Gasteiger partial charge on any atom is 0.270 e. The summed E-state index contributed by atoms with van der Waals surface area (Å²) in [4.78, 5) is 16.0. The van der Waals surface area contributed by atoms with Gasteiger partial charge in [-0.15, -0.1) is 11.3 Å². The molecule has 2 aromatic carbocycles. The Kier molecular flexibility index (Phi) is 3.99. The largest absolute Gasteiger partial charge is 0.490 e. The second-order valence-electron chi connectivity index (χ2n) is 5.15. The molecule has 0 radical (unpaired) electrons. The van der Waals surface area contributed by atoms with Crippen molar-refractivity contribution in [2.24, 2.45) is 0 Å². The first-order valence-corrected chi connectivity index (χ1v) is 8.95. The third kappa shape index (κ3) is 3.02. The molecule has 1 aliphatic heterocycles. The van der Waals surface area contributed by atoms with E-state index in [4.69, 9.17) is 9.47 Å². The number of hydrogen-bond acceptors (Lipinski definition) is 7. The molecule has 0 aliphatic carbocycles. The molecule has 1 aromatic heterocycles. The molecule has 0 atom stereocenters. The highest BCUT2D eigenvalue weighted by atomic mass is 32.2. The van der Waals surface area contributed by atoms with Crippen molar-refractivity contribution >= 4 is 39.0 Å². The van der Waals surface area contributed by atoms with E-state index in [1.807, 2.05) is 18.2 Å². The fourth-order valence-corrected chi connectivity index (χ4v) is 4.46. The maximum absolute atomic E-state index is 10.9. The van der Waals surface area contributed by atoms with Crippen LogP contribution in [0.15, 0.2) is 45.6 Å². The van der Waals surface area contributed by atoms with Crippen molar-refractivity contribution in [1.29, 1.82) is 0 Å². The first-order chi connectivity index (χ1) is 11.7. The van der Waals surface area contributed by atoms with Crippen molar-refractivity contribution in [2.45, 2.75) is 15.7 Å². The minimum absolute atomic E-state index is 0.0817. The van der Waals surface area contributed by atoms with E-state index in [1.54, 1.807) is 12.1 Å². The number of nitro groups is 1. The molecular weight excluding hydrogens is 348 g/mol. The van der Waals surface area contributed by atoms with Crippen LogP contribution in [0.3, 0.4) is 0 Å².